The Hall–Kier alpha value is -0.910. The van der Waals surface area contributed by atoms with Gasteiger partial charge in [0, 0.05) is 25.0 Å². The number of benzene rings is 1. The van der Waals surface area contributed by atoms with Crippen LogP contribution in [0.15, 0.2) is 23.1 Å². The average Bonchev–Trinajstić information content (AvgIpc) is 2.75. The standard InChI is InChI=1S/C19H30N2O2S/c1-14-7-8-15(2)16(9-14)24(22,23)21-10-17-18(3,4)11-19(17,13-21)12-20(5)6/h7-9,17H,10-13H2,1-6H3/t17-,19+/m1/s1. The van der Waals surface area contributed by atoms with E-state index in [1.54, 1.807) is 4.31 Å². The molecule has 0 bridgehead atoms. The fourth-order valence-electron chi connectivity index (χ4n) is 5.23. The van der Waals surface area contributed by atoms with Gasteiger partial charge in [-0.25, -0.2) is 8.42 Å². The molecule has 1 aliphatic carbocycles. The maximum Gasteiger partial charge on any atom is 0.243 e. The van der Waals surface area contributed by atoms with Gasteiger partial charge < -0.3 is 4.90 Å². The molecule has 1 saturated carbocycles. The highest BCUT2D eigenvalue weighted by Crippen LogP contribution is 2.63. The van der Waals surface area contributed by atoms with Gasteiger partial charge in [0.25, 0.3) is 0 Å². The SMILES string of the molecule is Cc1ccc(C)c(S(=O)(=O)N2C[C@@H]3C(C)(C)C[C@]3(CN(C)C)C2)c1. The highest BCUT2D eigenvalue weighted by atomic mass is 32.2. The number of rotatable bonds is 4. The molecule has 0 amide bonds. The molecule has 1 aliphatic heterocycles. The summed E-state index contributed by atoms with van der Waals surface area (Å²) in [6.07, 6.45) is 1.10. The molecule has 1 saturated heterocycles. The molecule has 3 rings (SSSR count). The lowest BCUT2D eigenvalue weighted by atomic mass is 9.48. The minimum Gasteiger partial charge on any atom is -0.309 e. The van der Waals surface area contributed by atoms with E-state index in [0.29, 0.717) is 23.9 Å². The molecular formula is C19H30N2O2S. The normalized spacial score (nSPS) is 29.5. The van der Waals surface area contributed by atoms with Gasteiger partial charge in [-0.2, -0.15) is 4.31 Å². The summed E-state index contributed by atoms with van der Waals surface area (Å²) in [7, 11) is 0.738. The predicted molar refractivity (Wildman–Crippen MR) is 97.5 cm³/mol. The monoisotopic (exact) mass is 350 g/mol. The van der Waals surface area contributed by atoms with Crippen LogP contribution >= 0.6 is 0 Å². The van der Waals surface area contributed by atoms with E-state index in [0.717, 1.165) is 24.1 Å². The van der Waals surface area contributed by atoms with Crippen LogP contribution in [0.5, 0.6) is 0 Å². The molecule has 1 heterocycles. The summed E-state index contributed by atoms with van der Waals surface area (Å²) in [5.74, 6) is 0.437. The molecule has 1 aromatic rings. The molecule has 2 fully saturated rings. The molecule has 0 radical (unpaired) electrons. The summed E-state index contributed by atoms with van der Waals surface area (Å²) in [6, 6.07) is 5.69. The third-order valence-electron chi connectivity index (χ3n) is 5.96. The van der Waals surface area contributed by atoms with Crippen LogP contribution in [0.3, 0.4) is 0 Å². The lowest BCUT2D eigenvalue weighted by Crippen LogP contribution is -2.57. The van der Waals surface area contributed by atoms with Crippen molar-refractivity contribution in [1.29, 1.82) is 0 Å². The van der Waals surface area contributed by atoms with E-state index in [1.165, 1.54) is 0 Å². The Bertz CT molecular complexity index is 751. The summed E-state index contributed by atoms with van der Waals surface area (Å²) < 4.78 is 28.3. The van der Waals surface area contributed by atoms with Gasteiger partial charge in [-0.3, -0.25) is 0 Å². The van der Waals surface area contributed by atoms with E-state index < -0.39 is 10.0 Å². The van der Waals surface area contributed by atoms with Crippen molar-refractivity contribution in [1.82, 2.24) is 9.21 Å². The van der Waals surface area contributed by atoms with Crippen molar-refractivity contribution in [2.45, 2.75) is 39.0 Å². The number of hydrogen-bond acceptors (Lipinski definition) is 3. The topological polar surface area (TPSA) is 40.6 Å². The van der Waals surface area contributed by atoms with Gasteiger partial charge in [-0.05, 0) is 62.9 Å². The van der Waals surface area contributed by atoms with Crippen molar-refractivity contribution in [2.75, 3.05) is 33.7 Å². The van der Waals surface area contributed by atoms with Crippen LogP contribution in [-0.4, -0.2) is 51.4 Å². The van der Waals surface area contributed by atoms with Gasteiger partial charge in [-0.1, -0.05) is 26.0 Å². The summed E-state index contributed by atoms with van der Waals surface area (Å²) in [6.45, 7) is 10.6. The Balaban J connectivity index is 1.95. The third kappa shape index (κ3) is 2.71. The zero-order valence-electron chi connectivity index (χ0n) is 15.8. The number of hydrogen-bond donors (Lipinski definition) is 0. The Morgan fingerprint density at radius 2 is 1.92 bits per heavy atom. The minimum absolute atomic E-state index is 0.109. The van der Waals surface area contributed by atoms with Crippen molar-refractivity contribution in [3.05, 3.63) is 29.3 Å². The molecule has 134 valence electrons. The van der Waals surface area contributed by atoms with Crippen molar-refractivity contribution < 1.29 is 8.42 Å². The predicted octanol–water partition coefficient (Wildman–Crippen LogP) is 2.90. The maximum absolute atomic E-state index is 13.3. The zero-order valence-corrected chi connectivity index (χ0v) is 16.6. The van der Waals surface area contributed by atoms with Gasteiger partial charge in [0.15, 0.2) is 0 Å². The molecule has 2 atom stereocenters. The first-order valence-electron chi connectivity index (χ1n) is 8.70. The van der Waals surface area contributed by atoms with Crippen LogP contribution in [0.4, 0.5) is 0 Å². The molecule has 0 spiro atoms. The Morgan fingerprint density at radius 3 is 2.50 bits per heavy atom. The Kier molecular flexibility index (Phi) is 4.14. The minimum atomic E-state index is -3.43. The summed E-state index contributed by atoms with van der Waals surface area (Å²) in [5, 5.41) is 0. The fourth-order valence-corrected chi connectivity index (χ4v) is 7.09. The molecule has 0 unspecified atom stereocenters. The zero-order chi connectivity index (χ0) is 17.9. The molecule has 0 N–H and O–H groups in total. The van der Waals surface area contributed by atoms with Crippen LogP contribution in [-0.2, 0) is 10.0 Å². The number of fused-ring (bicyclic) bond motifs is 1. The van der Waals surface area contributed by atoms with Crippen LogP contribution < -0.4 is 0 Å². The van der Waals surface area contributed by atoms with E-state index in [2.05, 4.69) is 32.8 Å². The van der Waals surface area contributed by atoms with E-state index >= 15 is 0 Å². The highest BCUT2D eigenvalue weighted by Gasteiger charge is 2.64. The highest BCUT2D eigenvalue weighted by molar-refractivity contribution is 7.89. The van der Waals surface area contributed by atoms with Gasteiger partial charge in [0.1, 0.15) is 0 Å². The van der Waals surface area contributed by atoms with Crippen molar-refractivity contribution in [3.8, 4) is 0 Å². The molecule has 4 nitrogen and oxygen atoms in total. The smallest absolute Gasteiger partial charge is 0.243 e. The van der Waals surface area contributed by atoms with Crippen LogP contribution in [0.1, 0.15) is 31.4 Å². The molecule has 5 heteroatoms. The van der Waals surface area contributed by atoms with Gasteiger partial charge in [0.2, 0.25) is 10.0 Å². The lowest BCUT2D eigenvalue weighted by molar-refractivity contribution is -0.0789. The Labute approximate surface area is 146 Å². The molecular weight excluding hydrogens is 320 g/mol. The fraction of sp³-hybridized carbons (Fsp3) is 0.684. The first kappa shape index (κ1) is 17.9. The Morgan fingerprint density at radius 1 is 1.25 bits per heavy atom. The molecule has 0 aromatic heterocycles. The van der Waals surface area contributed by atoms with Crippen molar-refractivity contribution >= 4 is 10.0 Å². The van der Waals surface area contributed by atoms with Crippen LogP contribution in [0.2, 0.25) is 0 Å². The second-order valence-corrected chi connectivity index (χ2v) is 10.8. The van der Waals surface area contributed by atoms with Crippen molar-refractivity contribution in [2.24, 2.45) is 16.7 Å². The molecule has 24 heavy (non-hydrogen) atoms. The average molecular weight is 351 g/mol. The van der Waals surface area contributed by atoms with Gasteiger partial charge in [-0.15, -0.1) is 0 Å². The number of nitrogens with zero attached hydrogens (tertiary/aromatic N) is 2. The van der Waals surface area contributed by atoms with Gasteiger partial charge in [0.05, 0.1) is 4.90 Å². The van der Waals surface area contributed by atoms with E-state index in [9.17, 15) is 8.42 Å². The number of aryl methyl sites for hydroxylation is 2. The quantitative estimate of drug-likeness (QED) is 0.838. The van der Waals surface area contributed by atoms with Gasteiger partial charge >= 0.3 is 0 Å². The van der Waals surface area contributed by atoms with Crippen LogP contribution in [0.25, 0.3) is 0 Å². The van der Waals surface area contributed by atoms with Crippen LogP contribution in [0, 0.1) is 30.6 Å². The summed E-state index contributed by atoms with van der Waals surface area (Å²) in [4.78, 5) is 2.68. The first-order valence-corrected chi connectivity index (χ1v) is 10.1. The first-order chi connectivity index (χ1) is 11.0. The number of sulfonamides is 1. The summed E-state index contributed by atoms with van der Waals surface area (Å²) >= 11 is 0. The second kappa shape index (κ2) is 5.55. The van der Waals surface area contributed by atoms with E-state index in [1.807, 2.05) is 32.0 Å². The third-order valence-corrected chi connectivity index (χ3v) is 7.91. The van der Waals surface area contributed by atoms with Crippen molar-refractivity contribution in [3.63, 3.8) is 0 Å². The molecule has 1 aromatic carbocycles. The maximum atomic E-state index is 13.3. The summed E-state index contributed by atoms with van der Waals surface area (Å²) in [5.41, 5.74) is 2.16. The van der Waals surface area contributed by atoms with E-state index in [4.69, 9.17) is 0 Å². The largest absolute Gasteiger partial charge is 0.309 e. The lowest BCUT2D eigenvalue weighted by Gasteiger charge is -2.57. The second-order valence-electron chi connectivity index (χ2n) is 8.88. The molecule has 2 aliphatic rings. The van der Waals surface area contributed by atoms with E-state index in [-0.39, 0.29) is 10.8 Å².